The van der Waals surface area contributed by atoms with E-state index in [2.05, 4.69) is 52.7 Å². The minimum atomic E-state index is -0.231. The van der Waals surface area contributed by atoms with Crippen LogP contribution in [0.5, 0.6) is 0 Å². The second kappa shape index (κ2) is 13.0. The molecule has 1 fully saturated rings. The van der Waals surface area contributed by atoms with Crippen LogP contribution in [0.15, 0.2) is 48.5 Å². The molecular formula is C28H37ClN2O3. The number of ether oxygens (including phenoxy) is 1. The maximum atomic E-state index is 13.0. The van der Waals surface area contributed by atoms with Gasteiger partial charge in [-0.15, -0.1) is 12.4 Å². The molecule has 2 aliphatic heterocycles. The maximum absolute atomic E-state index is 13.0. The van der Waals surface area contributed by atoms with Gasteiger partial charge < -0.3 is 10.1 Å². The van der Waals surface area contributed by atoms with E-state index >= 15 is 0 Å². The molecule has 0 bridgehead atoms. The van der Waals surface area contributed by atoms with E-state index in [9.17, 15) is 9.59 Å². The molecule has 0 saturated carbocycles. The van der Waals surface area contributed by atoms with E-state index in [1.54, 1.807) is 0 Å². The Bertz CT molecular complexity index is 950. The molecule has 2 heterocycles. The first kappa shape index (κ1) is 26.4. The summed E-state index contributed by atoms with van der Waals surface area (Å²) in [6, 6.07) is 16.7. The van der Waals surface area contributed by atoms with E-state index in [1.165, 1.54) is 16.7 Å². The number of piperidine rings is 1. The molecule has 6 heteroatoms. The molecule has 5 nitrogen and oxygen atoms in total. The summed E-state index contributed by atoms with van der Waals surface area (Å²) in [7, 11) is 0. The second-order valence-electron chi connectivity index (χ2n) is 9.36. The van der Waals surface area contributed by atoms with Crippen molar-refractivity contribution in [3.8, 4) is 0 Å². The van der Waals surface area contributed by atoms with Crippen LogP contribution in [0.25, 0.3) is 0 Å². The highest BCUT2D eigenvalue weighted by molar-refractivity contribution is 5.96. The number of carbonyl (C=O) groups excluding carboxylic acids is 2. The highest BCUT2D eigenvalue weighted by atomic mass is 35.5. The molecular weight excluding hydrogens is 448 g/mol. The number of esters is 1. The predicted octanol–water partition coefficient (Wildman–Crippen LogP) is 4.60. The van der Waals surface area contributed by atoms with Crippen LogP contribution in [0.2, 0.25) is 0 Å². The van der Waals surface area contributed by atoms with Gasteiger partial charge in [0.25, 0.3) is 0 Å². The molecule has 0 spiro atoms. The van der Waals surface area contributed by atoms with Crippen LogP contribution in [0.4, 0.5) is 0 Å². The number of hydrogen-bond donors (Lipinski definition) is 1. The molecule has 2 aromatic rings. The summed E-state index contributed by atoms with van der Waals surface area (Å²) in [6.45, 7) is 6.08. The number of rotatable bonds is 8. The smallest absolute Gasteiger partial charge is 0.323 e. The van der Waals surface area contributed by atoms with Gasteiger partial charge in [0.15, 0.2) is 5.78 Å². The number of benzene rings is 2. The Balaban J connectivity index is 0.00000324. The van der Waals surface area contributed by atoms with Gasteiger partial charge in [-0.3, -0.25) is 14.5 Å². The van der Waals surface area contributed by atoms with Crippen LogP contribution in [0.3, 0.4) is 0 Å². The monoisotopic (exact) mass is 484 g/mol. The standard InChI is InChI=1S/C28H36N2O3.ClH/c1-2-33-28(32)26-18-21(12-15-29-26)8-11-27(31)25-10-9-23-13-16-30(17-14-24(23)19-25)20-22-6-4-3-5-7-22;/h3-7,9-10,19,21,26,29H,2,8,11-18,20H2,1H3;1H. The molecule has 4 rings (SSSR count). The van der Waals surface area contributed by atoms with Crippen molar-refractivity contribution in [2.24, 2.45) is 5.92 Å². The van der Waals surface area contributed by atoms with Crippen LogP contribution in [0.1, 0.15) is 59.7 Å². The number of carbonyl (C=O) groups is 2. The van der Waals surface area contributed by atoms with Crippen molar-refractivity contribution >= 4 is 24.2 Å². The predicted molar refractivity (Wildman–Crippen MR) is 138 cm³/mol. The summed E-state index contributed by atoms with van der Waals surface area (Å²) in [5.74, 6) is 0.437. The summed E-state index contributed by atoms with van der Waals surface area (Å²) in [6.07, 6.45) is 5.15. The Morgan fingerprint density at radius 2 is 1.82 bits per heavy atom. The summed E-state index contributed by atoms with van der Waals surface area (Å²) < 4.78 is 5.16. The van der Waals surface area contributed by atoms with E-state index in [4.69, 9.17) is 4.74 Å². The van der Waals surface area contributed by atoms with Gasteiger partial charge in [-0.25, -0.2) is 0 Å². The lowest BCUT2D eigenvalue weighted by molar-refractivity contribution is -0.146. The van der Waals surface area contributed by atoms with Gasteiger partial charge in [-0.1, -0.05) is 42.5 Å². The summed E-state index contributed by atoms with van der Waals surface area (Å²) in [4.78, 5) is 27.5. The molecule has 184 valence electrons. The maximum Gasteiger partial charge on any atom is 0.323 e. The third-order valence-electron chi connectivity index (χ3n) is 7.04. The molecule has 1 saturated heterocycles. The largest absolute Gasteiger partial charge is 0.465 e. The number of fused-ring (bicyclic) bond motifs is 1. The van der Waals surface area contributed by atoms with Crippen molar-refractivity contribution < 1.29 is 14.3 Å². The number of ketones is 1. The lowest BCUT2D eigenvalue weighted by Crippen LogP contribution is -2.44. The SMILES string of the molecule is CCOC(=O)C1CC(CCC(=O)c2ccc3c(c2)CCN(Cc2ccccc2)CC3)CCN1.Cl. The summed E-state index contributed by atoms with van der Waals surface area (Å²) in [5.41, 5.74) is 4.88. The van der Waals surface area contributed by atoms with Crippen molar-refractivity contribution in [3.05, 3.63) is 70.8 Å². The first-order valence-electron chi connectivity index (χ1n) is 12.4. The minimum Gasteiger partial charge on any atom is -0.465 e. The van der Waals surface area contributed by atoms with Gasteiger partial charge in [0, 0.05) is 31.6 Å². The molecule has 2 atom stereocenters. The summed E-state index contributed by atoms with van der Waals surface area (Å²) >= 11 is 0. The van der Waals surface area contributed by atoms with Crippen LogP contribution < -0.4 is 5.32 Å². The Hall–Kier alpha value is -2.21. The third-order valence-corrected chi connectivity index (χ3v) is 7.04. The Morgan fingerprint density at radius 3 is 2.59 bits per heavy atom. The first-order valence-corrected chi connectivity index (χ1v) is 12.4. The summed E-state index contributed by atoms with van der Waals surface area (Å²) in [5, 5.41) is 3.25. The van der Waals surface area contributed by atoms with E-state index in [1.807, 2.05) is 13.0 Å². The van der Waals surface area contributed by atoms with Gasteiger partial charge in [0.2, 0.25) is 0 Å². The van der Waals surface area contributed by atoms with Gasteiger partial charge in [-0.2, -0.15) is 0 Å². The van der Waals surface area contributed by atoms with Crippen molar-refractivity contribution in [2.45, 2.75) is 58.0 Å². The molecule has 0 radical (unpaired) electrons. The number of nitrogens with zero attached hydrogens (tertiary/aromatic N) is 1. The van der Waals surface area contributed by atoms with Crippen molar-refractivity contribution in [2.75, 3.05) is 26.2 Å². The molecule has 1 N–H and O–H groups in total. The highest BCUT2D eigenvalue weighted by Gasteiger charge is 2.28. The van der Waals surface area contributed by atoms with Crippen molar-refractivity contribution in [1.29, 1.82) is 0 Å². The number of halogens is 1. The molecule has 0 amide bonds. The fourth-order valence-electron chi connectivity index (χ4n) is 5.11. The van der Waals surface area contributed by atoms with Gasteiger partial charge in [0.05, 0.1) is 6.61 Å². The first-order chi connectivity index (χ1) is 16.1. The van der Waals surface area contributed by atoms with Crippen LogP contribution in [-0.2, 0) is 28.9 Å². The van der Waals surface area contributed by atoms with Crippen LogP contribution in [0, 0.1) is 5.92 Å². The molecule has 0 aromatic heterocycles. The van der Waals surface area contributed by atoms with E-state index in [0.29, 0.717) is 18.9 Å². The van der Waals surface area contributed by atoms with E-state index in [0.717, 1.165) is 63.8 Å². The average molecular weight is 485 g/mol. The van der Waals surface area contributed by atoms with E-state index < -0.39 is 0 Å². The van der Waals surface area contributed by atoms with Gasteiger partial charge in [0.1, 0.15) is 6.04 Å². The Morgan fingerprint density at radius 1 is 1.06 bits per heavy atom. The fourth-order valence-corrected chi connectivity index (χ4v) is 5.11. The normalized spacial score (nSPS) is 20.5. The van der Waals surface area contributed by atoms with Crippen LogP contribution in [-0.4, -0.2) is 48.9 Å². The van der Waals surface area contributed by atoms with Gasteiger partial charge >= 0.3 is 5.97 Å². The quantitative estimate of drug-likeness (QED) is 0.438. The number of Topliss-reactive ketones (excluding diaryl/α,β-unsaturated/α-hetero) is 1. The second-order valence-corrected chi connectivity index (χ2v) is 9.36. The number of hydrogen-bond acceptors (Lipinski definition) is 5. The van der Waals surface area contributed by atoms with Gasteiger partial charge in [-0.05, 0) is 74.2 Å². The minimum absolute atomic E-state index is 0. The van der Waals surface area contributed by atoms with Crippen molar-refractivity contribution in [1.82, 2.24) is 10.2 Å². The zero-order valence-corrected chi connectivity index (χ0v) is 20.9. The van der Waals surface area contributed by atoms with Crippen molar-refractivity contribution in [3.63, 3.8) is 0 Å². The topological polar surface area (TPSA) is 58.6 Å². The number of nitrogens with one attached hydrogen (secondary N) is 1. The lowest BCUT2D eigenvalue weighted by atomic mass is 9.87. The third kappa shape index (κ3) is 7.14. The molecule has 2 unspecified atom stereocenters. The zero-order chi connectivity index (χ0) is 23.0. The Labute approximate surface area is 209 Å². The fraction of sp³-hybridized carbons (Fsp3) is 0.500. The lowest BCUT2D eigenvalue weighted by Gasteiger charge is -2.28. The molecule has 2 aliphatic rings. The molecule has 34 heavy (non-hydrogen) atoms. The van der Waals surface area contributed by atoms with Crippen LogP contribution >= 0.6 is 12.4 Å². The zero-order valence-electron chi connectivity index (χ0n) is 20.1. The van der Waals surface area contributed by atoms with E-state index in [-0.39, 0.29) is 30.2 Å². The highest BCUT2D eigenvalue weighted by Crippen LogP contribution is 2.25. The Kier molecular flexibility index (Phi) is 10.1. The molecule has 0 aliphatic carbocycles. The molecule has 2 aromatic carbocycles. The average Bonchev–Trinajstić information content (AvgIpc) is 3.05.